The maximum absolute atomic E-state index is 10.4. The molecule has 1 aromatic rings. The van der Waals surface area contributed by atoms with Crippen molar-refractivity contribution >= 4 is 10.1 Å². The molecule has 90 valence electrons. The smallest absolute Gasteiger partial charge is 0.264 e. The maximum atomic E-state index is 10.4. The van der Waals surface area contributed by atoms with Gasteiger partial charge in [0.15, 0.2) is 0 Å². The van der Waals surface area contributed by atoms with Crippen LogP contribution < -0.4 is 0 Å². The highest BCUT2D eigenvalue weighted by molar-refractivity contribution is 7.85. The van der Waals surface area contributed by atoms with Crippen LogP contribution in [0.3, 0.4) is 0 Å². The van der Waals surface area contributed by atoms with E-state index in [0.717, 1.165) is 0 Å². The number of hydrogen-bond acceptors (Lipinski definition) is 4. The van der Waals surface area contributed by atoms with Crippen molar-refractivity contribution < 1.29 is 23.2 Å². The number of benzene rings is 1. The van der Waals surface area contributed by atoms with Crippen molar-refractivity contribution in [3.63, 3.8) is 0 Å². The molecule has 0 unspecified atom stereocenters. The Labute approximate surface area is 94.1 Å². The Balaban J connectivity index is 2.46. The Morgan fingerprint density at radius 3 is 2.44 bits per heavy atom. The van der Waals surface area contributed by atoms with Crippen molar-refractivity contribution in [2.24, 2.45) is 0 Å². The van der Waals surface area contributed by atoms with Crippen LogP contribution in [0.15, 0.2) is 18.2 Å². The van der Waals surface area contributed by atoms with Crippen molar-refractivity contribution in [1.29, 1.82) is 0 Å². The van der Waals surface area contributed by atoms with Crippen molar-refractivity contribution in [1.82, 2.24) is 0 Å². The Morgan fingerprint density at radius 2 is 1.81 bits per heavy atom. The third kappa shape index (κ3) is 4.50. The Morgan fingerprint density at radius 1 is 1.12 bits per heavy atom. The number of phenols is 2. The first-order valence-corrected chi connectivity index (χ1v) is 6.45. The zero-order valence-corrected chi connectivity index (χ0v) is 9.44. The molecule has 0 saturated heterocycles. The van der Waals surface area contributed by atoms with E-state index in [0.29, 0.717) is 24.8 Å². The van der Waals surface area contributed by atoms with E-state index in [-0.39, 0.29) is 17.3 Å². The standard InChI is InChI=1S/C10H14O5S/c11-9-4-5-10(12)8(7-9)3-1-2-6-16(13,14)15/h4-5,7,11-12H,1-3,6H2,(H,13,14,15). The predicted octanol–water partition coefficient (Wildman–Crippen LogP) is 1.31. The summed E-state index contributed by atoms with van der Waals surface area (Å²) in [4.78, 5) is 0. The summed E-state index contributed by atoms with van der Waals surface area (Å²) in [6.07, 6.45) is 1.28. The summed E-state index contributed by atoms with van der Waals surface area (Å²) in [6, 6.07) is 4.19. The average Bonchev–Trinajstić information content (AvgIpc) is 2.16. The van der Waals surface area contributed by atoms with Gasteiger partial charge >= 0.3 is 0 Å². The molecule has 1 aromatic carbocycles. The van der Waals surface area contributed by atoms with E-state index in [1.807, 2.05) is 0 Å². The van der Waals surface area contributed by atoms with Gasteiger partial charge in [0.2, 0.25) is 0 Å². The van der Waals surface area contributed by atoms with E-state index >= 15 is 0 Å². The summed E-state index contributed by atoms with van der Waals surface area (Å²) in [5.74, 6) is -0.153. The van der Waals surface area contributed by atoms with Crippen LogP contribution in [0.25, 0.3) is 0 Å². The van der Waals surface area contributed by atoms with E-state index < -0.39 is 10.1 Å². The fourth-order valence-electron chi connectivity index (χ4n) is 1.37. The Kier molecular flexibility index (Phi) is 4.14. The highest BCUT2D eigenvalue weighted by Gasteiger charge is 2.06. The van der Waals surface area contributed by atoms with Crippen LogP contribution in [0.4, 0.5) is 0 Å². The van der Waals surface area contributed by atoms with E-state index in [1.165, 1.54) is 18.2 Å². The number of aromatic hydroxyl groups is 2. The molecule has 0 amide bonds. The van der Waals surface area contributed by atoms with Crippen LogP contribution >= 0.6 is 0 Å². The molecule has 1 rings (SSSR count). The first-order valence-electron chi connectivity index (χ1n) is 4.84. The molecular formula is C10H14O5S. The Hall–Kier alpha value is -1.27. The van der Waals surface area contributed by atoms with Gasteiger partial charge in [-0.1, -0.05) is 0 Å². The maximum Gasteiger partial charge on any atom is 0.264 e. The minimum atomic E-state index is -3.91. The number of unbranched alkanes of at least 4 members (excludes halogenated alkanes) is 1. The zero-order valence-electron chi connectivity index (χ0n) is 8.63. The van der Waals surface area contributed by atoms with Crippen LogP contribution in [-0.4, -0.2) is 28.9 Å². The molecule has 0 aromatic heterocycles. The van der Waals surface area contributed by atoms with Gasteiger partial charge in [0.05, 0.1) is 5.75 Å². The second-order valence-electron chi connectivity index (χ2n) is 3.56. The SMILES string of the molecule is O=S(=O)(O)CCCCc1cc(O)ccc1O. The van der Waals surface area contributed by atoms with Crippen molar-refractivity contribution in [3.05, 3.63) is 23.8 Å². The molecule has 6 heteroatoms. The van der Waals surface area contributed by atoms with Gasteiger partial charge in [0.1, 0.15) is 11.5 Å². The van der Waals surface area contributed by atoms with Gasteiger partial charge < -0.3 is 10.2 Å². The first kappa shape index (κ1) is 12.8. The van der Waals surface area contributed by atoms with E-state index in [4.69, 9.17) is 4.55 Å². The quantitative estimate of drug-likeness (QED) is 0.413. The van der Waals surface area contributed by atoms with Crippen LogP contribution in [0, 0.1) is 0 Å². The van der Waals surface area contributed by atoms with E-state index in [9.17, 15) is 18.6 Å². The predicted molar refractivity (Wildman–Crippen MR) is 59.1 cm³/mol. The largest absolute Gasteiger partial charge is 0.508 e. The fraction of sp³-hybridized carbons (Fsp3) is 0.400. The van der Waals surface area contributed by atoms with Gasteiger partial charge in [0, 0.05) is 0 Å². The third-order valence-corrected chi connectivity index (χ3v) is 2.97. The molecule has 0 aliphatic rings. The van der Waals surface area contributed by atoms with E-state index in [1.54, 1.807) is 0 Å². The molecule has 0 aliphatic carbocycles. The zero-order chi connectivity index (χ0) is 12.2. The Bertz CT molecular complexity index is 452. The van der Waals surface area contributed by atoms with E-state index in [2.05, 4.69) is 0 Å². The lowest BCUT2D eigenvalue weighted by Gasteiger charge is -2.04. The lowest BCUT2D eigenvalue weighted by molar-refractivity contribution is 0.452. The molecule has 0 atom stereocenters. The minimum absolute atomic E-state index is 0.0579. The molecule has 0 bridgehead atoms. The molecule has 5 nitrogen and oxygen atoms in total. The second kappa shape index (κ2) is 5.18. The molecule has 0 aliphatic heterocycles. The average molecular weight is 246 g/mol. The van der Waals surface area contributed by atoms with Crippen molar-refractivity contribution in [2.75, 3.05) is 5.75 Å². The van der Waals surface area contributed by atoms with Crippen LogP contribution in [0.1, 0.15) is 18.4 Å². The third-order valence-electron chi connectivity index (χ3n) is 2.16. The summed E-state index contributed by atoms with van der Waals surface area (Å²) in [7, 11) is -3.91. The molecule has 0 radical (unpaired) electrons. The summed E-state index contributed by atoms with van der Waals surface area (Å²) in [5, 5.41) is 18.6. The molecule has 0 heterocycles. The van der Waals surface area contributed by atoms with Gasteiger partial charge in [-0.05, 0) is 43.0 Å². The summed E-state index contributed by atoms with van der Waals surface area (Å²) < 4.78 is 29.4. The summed E-state index contributed by atoms with van der Waals surface area (Å²) in [6.45, 7) is 0. The van der Waals surface area contributed by atoms with Gasteiger partial charge in [0.25, 0.3) is 10.1 Å². The lowest BCUT2D eigenvalue weighted by atomic mass is 10.1. The molecular weight excluding hydrogens is 232 g/mol. The number of phenolic OH excluding ortho intramolecular Hbond substituents is 2. The van der Waals surface area contributed by atoms with Gasteiger partial charge in [-0.15, -0.1) is 0 Å². The number of hydrogen-bond donors (Lipinski definition) is 3. The highest BCUT2D eigenvalue weighted by atomic mass is 32.2. The van der Waals surface area contributed by atoms with Crippen LogP contribution in [0.2, 0.25) is 0 Å². The summed E-state index contributed by atoms with van der Waals surface area (Å²) in [5.41, 5.74) is 0.565. The van der Waals surface area contributed by atoms with Crippen molar-refractivity contribution in [2.45, 2.75) is 19.3 Å². The van der Waals surface area contributed by atoms with Crippen LogP contribution in [-0.2, 0) is 16.5 Å². The van der Waals surface area contributed by atoms with Gasteiger partial charge in [-0.3, -0.25) is 4.55 Å². The van der Waals surface area contributed by atoms with Gasteiger partial charge in [-0.25, -0.2) is 0 Å². The topological polar surface area (TPSA) is 94.8 Å². The fourth-order valence-corrected chi connectivity index (χ4v) is 1.94. The number of aryl methyl sites for hydroxylation is 1. The highest BCUT2D eigenvalue weighted by Crippen LogP contribution is 2.23. The minimum Gasteiger partial charge on any atom is -0.508 e. The normalized spacial score (nSPS) is 11.6. The molecule has 0 saturated carbocycles. The monoisotopic (exact) mass is 246 g/mol. The van der Waals surface area contributed by atoms with Crippen LogP contribution in [0.5, 0.6) is 11.5 Å². The van der Waals surface area contributed by atoms with Crippen molar-refractivity contribution in [3.8, 4) is 11.5 Å². The lowest BCUT2D eigenvalue weighted by Crippen LogP contribution is -2.03. The molecule has 3 N–H and O–H groups in total. The van der Waals surface area contributed by atoms with Gasteiger partial charge in [-0.2, -0.15) is 8.42 Å². The molecule has 0 fully saturated rings. The second-order valence-corrected chi connectivity index (χ2v) is 5.13. The molecule has 0 spiro atoms. The summed E-state index contributed by atoms with van der Waals surface area (Å²) >= 11 is 0. The molecule has 16 heavy (non-hydrogen) atoms. The first-order chi connectivity index (χ1) is 7.38. The number of rotatable bonds is 5.